The van der Waals surface area contributed by atoms with Gasteiger partial charge in [0, 0.05) is 35.0 Å². The van der Waals surface area contributed by atoms with E-state index >= 15 is 0 Å². The molecule has 0 aliphatic carbocycles. The SMILES string of the molecule is CC1(C)c2ccccc2N(CC(=O)NCc2ccc(Cl)cc2)[C@]12C=Cc1cc([N+](=O)[O-])ccc1O2. The first-order chi connectivity index (χ1) is 16.7. The zero-order valence-corrected chi connectivity index (χ0v) is 20.1. The van der Waals surface area contributed by atoms with E-state index in [9.17, 15) is 14.9 Å². The number of carbonyl (C=O) groups is 1. The lowest BCUT2D eigenvalue weighted by molar-refractivity contribution is -0.384. The fourth-order valence-corrected chi connectivity index (χ4v) is 5.04. The molecule has 178 valence electrons. The number of carbonyl (C=O) groups excluding carboxylic acids is 1. The number of halogens is 1. The molecule has 35 heavy (non-hydrogen) atoms. The van der Waals surface area contributed by atoms with Crippen LogP contribution in [0, 0.1) is 10.1 Å². The number of hydrogen-bond donors (Lipinski definition) is 1. The molecule has 0 radical (unpaired) electrons. The summed E-state index contributed by atoms with van der Waals surface area (Å²) in [5, 5.41) is 14.9. The van der Waals surface area contributed by atoms with Crippen molar-refractivity contribution in [1.82, 2.24) is 5.32 Å². The normalized spacial score (nSPS) is 19.1. The first kappa shape index (κ1) is 22.9. The molecular formula is C27H24ClN3O4. The van der Waals surface area contributed by atoms with Gasteiger partial charge >= 0.3 is 0 Å². The van der Waals surface area contributed by atoms with E-state index in [0.29, 0.717) is 22.9 Å². The van der Waals surface area contributed by atoms with E-state index in [1.165, 1.54) is 12.1 Å². The summed E-state index contributed by atoms with van der Waals surface area (Å²) in [6.45, 7) is 4.61. The number of nitro groups is 1. The average Bonchev–Trinajstić information content (AvgIpc) is 3.02. The Morgan fingerprint density at radius 3 is 2.60 bits per heavy atom. The molecule has 2 heterocycles. The van der Waals surface area contributed by atoms with Gasteiger partial charge in [0.2, 0.25) is 11.6 Å². The van der Waals surface area contributed by atoms with Crippen molar-refractivity contribution >= 4 is 35.0 Å². The number of ether oxygens (including phenoxy) is 1. The van der Waals surface area contributed by atoms with Gasteiger partial charge in [-0.25, -0.2) is 0 Å². The molecule has 3 aromatic carbocycles. The van der Waals surface area contributed by atoms with Crippen molar-refractivity contribution in [2.24, 2.45) is 0 Å². The molecule has 8 heteroatoms. The van der Waals surface area contributed by atoms with Crippen molar-refractivity contribution in [3.63, 3.8) is 0 Å². The van der Waals surface area contributed by atoms with Crippen molar-refractivity contribution < 1.29 is 14.5 Å². The Morgan fingerprint density at radius 2 is 1.86 bits per heavy atom. The van der Waals surface area contributed by atoms with Crippen molar-refractivity contribution in [2.45, 2.75) is 31.5 Å². The predicted octanol–water partition coefficient (Wildman–Crippen LogP) is 5.46. The first-order valence-corrected chi connectivity index (χ1v) is 11.6. The Balaban J connectivity index is 1.47. The number of anilines is 1. The second kappa shape index (κ2) is 8.43. The van der Waals surface area contributed by atoms with E-state index < -0.39 is 16.1 Å². The lowest BCUT2D eigenvalue weighted by Crippen LogP contribution is -2.61. The topological polar surface area (TPSA) is 84.7 Å². The van der Waals surface area contributed by atoms with Crippen LogP contribution in [0.2, 0.25) is 5.02 Å². The second-order valence-corrected chi connectivity index (χ2v) is 9.68. The zero-order valence-electron chi connectivity index (χ0n) is 19.3. The molecule has 0 fully saturated rings. The first-order valence-electron chi connectivity index (χ1n) is 11.3. The highest BCUT2D eigenvalue weighted by Gasteiger charge is 2.59. The fraction of sp³-hybridized carbons (Fsp3) is 0.222. The number of hydrogen-bond acceptors (Lipinski definition) is 5. The number of rotatable bonds is 5. The maximum absolute atomic E-state index is 13.1. The third kappa shape index (κ3) is 3.82. The summed E-state index contributed by atoms with van der Waals surface area (Å²) in [6.07, 6.45) is 3.75. The molecular weight excluding hydrogens is 466 g/mol. The number of benzene rings is 3. The van der Waals surface area contributed by atoms with Crippen LogP contribution in [0.1, 0.15) is 30.5 Å². The quantitative estimate of drug-likeness (QED) is 0.380. The smallest absolute Gasteiger partial charge is 0.270 e. The van der Waals surface area contributed by atoms with Crippen LogP contribution in [0.25, 0.3) is 6.08 Å². The fourth-order valence-electron chi connectivity index (χ4n) is 4.91. The van der Waals surface area contributed by atoms with E-state index in [0.717, 1.165) is 16.8 Å². The Kier molecular flexibility index (Phi) is 5.52. The number of fused-ring (bicyclic) bond motifs is 2. The molecule has 2 aliphatic heterocycles. The largest absolute Gasteiger partial charge is 0.463 e. The highest BCUT2D eigenvalue weighted by molar-refractivity contribution is 6.30. The van der Waals surface area contributed by atoms with Gasteiger partial charge in [0.25, 0.3) is 5.69 Å². The van der Waals surface area contributed by atoms with Gasteiger partial charge in [-0.05, 0) is 61.4 Å². The van der Waals surface area contributed by atoms with Gasteiger partial charge in [0.15, 0.2) is 0 Å². The number of nitro benzene ring substituents is 1. The lowest BCUT2D eigenvalue weighted by Gasteiger charge is -2.46. The molecule has 1 N–H and O–H groups in total. The van der Waals surface area contributed by atoms with E-state index in [1.807, 2.05) is 53.5 Å². The second-order valence-electron chi connectivity index (χ2n) is 9.24. The standard InChI is InChI=1S/C27H24ClN3O4/c1-26(2)22-5-3-4-6-23(22)30(17-25(32)29-16-18-7-9-20(28)10-8-18)27(26)14-13-19-15-21(31(33)34)11-12-24(19)35-27/h3-15H,16-17H2,1-2H3,(H,29,32)/t27-/m0/s1. The lowest BCUT2D eigenvalue weighted by atomic mass is 9.76. The Hall–Kier alpha value is -3.84. The van der Waals surface area contributed by atoms with Crippen molar-refractivity contribution in [2.75, 3.05) is 11.4 Å². The molecule has 1 amide bonds. The molecule has 0 unspecified atom stereocenters. The summed E-state index contributed by atoms with van der Waals surface area (Å²) >= 11 is 5.96. The molecule has 0 saturated heterocycles. The summed E-state index contributed by atoms with van der Waals surface area (Å²) in [5.41, 5.74) is 2.04. The molecule has 7 nitrogen and oxygen atoms in total. The summed E-state index contributed by atoms with van der Waals surface area (Å²) < 4.78 is 6.62. The summed E-state index contributed by atoms with van der Waals surface area (Å²) in [7, 11) is 0. The van der Waals surface area contributed by atoms with Crippen LogP contribution in [-0.4, -0.2) is 23.1 Å². The highest BCUT2D eigenvalue weighted by atomic mass is 35.5. The van der Waals surface area contributed by atoms with Crippen LogP contribution in [0.4, 0.5) is 11.4 Å². The minimum atomic E-state index is -0.989. The molecule has 5 rings (SSSR count). The Bertz CT molecular complexity index is 1350. The van der Waals surface area contributed by atoms with Gasteiger partial charge in [0.05, 0.1) is 10.3 Å². The monoisotopic (exact) mass is 489 g/mol. The van der Waals surface area contributed by atoms with Crippen LogP contribution in [0.3, 0.4) is 0 Å². The van der Waals surface area contributed by atoms with E-state index in [2.05, 4.69) is 19.2 Å². The van der Waals surface area contributed by atoms with Crippen LogP contribution in [0.5, 0.6) is 5.75 Å². The van der Waals surface area contributed by atoms with Crippen molar-refractivity contribution in [1.29, 1.82) is 0 Å². The molecule has 2 aliphatic rings. The maximum atomic E-state index is 13.1. The minimum absolute atomic E-state index is 0.000326. The van der Waals surface area contributed by atoms with Crippen LogP contribution in [0.15, 0.2) is 72.8 Å². The zero-order chi connectivity index (χ0) is 24.8. The van der Waals surface area contributed by atoms with Gasteiger partial charge in [-0.1, -0.05) is 41.9 Å². The molecule has 0 aromatic heterocycles. The van der Waals surface area contributed by atoms with E-state index in [-0.39, 0.29) is 18.1 Å². The molecule has 0 saturated carbocycles. The number of para-hydroxylation sites is 1. The van der Waals surface area contributed by atoms with Gasteiger partial charge in [-0.3, -0.25) is 14.9 Å². The summed E-state index contributed by atoms with van der Waals surface area (Å²) in [5.74, 6) is 0.379. The Labute approximate surface area is 208 Å². The van der Waals surface area contributed by atoms with Gasteiger partial charge < -0.3 is 15.0 Å². The van der Waals surface area contributed by atoms with Gasteiger partial charge in [-0.2, -0.15) is 0 Å². The van der Waals surface area contributed by atoms with Crippen molar-refractivity contribution in [3.05, 3.63) is 105 Å². The average molecular weight is 490 g/mol. The van der Waals surface area contributed by atoms with Crippen LogP contribution in [-0.2, 0) is 16.8 Å². The number of amides is 1. The van der Waals surface area contributed by atoms with E-state index in [4.69, 9.17) is 16.3 Å². The molecule has 1 atom stereocenters. The van der Waals surface area contributed by atoms with E-state index in [1.54, 1.807) is 18.2 Å². The van der Waals surface area contributed by atoms with Crippen LogP contribution >= 0.6 is 11.6 Å². The minimum Gasteiger partial charge on any atom is -0.463 e. The molecule has 3 aromatic rings. The van der Waals surface area contributed by atoms with Gasteiger partial charge in [-0.15, -0.1) is 0 Å². The number of nitrogens with one attached hydrogen (secondary N) is 1. The van der Waals surface area contributed by atoms with Gasteiger partial charge in [0.1, 0.15) is 12.3 Å². The Morgan fingerprint density at radius 1 is 1.11 bits per heavy atom. The number of nitrogens with zero attached hydrogens (tertiary/aromatic N) is 2. The molecule has 1 spiro atoms. The predicted molar refractivity (Wildman–Crippen MR) is 136 cm³/mol. The van der Waals surface area contributed by atoms with Crippen molar-refractivity contribution in [3.8, 4) is 5.75 Å². The third-order valence-corrected chi connectivity index (χ3v) is 7.08. The third-order valence-electron chi connectivity index (χ3n) is 6.83. The maximum Gasteiger partial charge on any atom is 0.270 e. The molecule has 0 bridgehead atoms. The van der Waals surface area contributed by atoms with Crippen LogP contribution < -0.4 is 15.0 Å². The highest BCUT2D eigenvalue weighted by Crippen LogP contribution is 2.54. The summed E-state index contributed by atoms with van der Waals surface area (Å²) in [6, 6.07) is 19.8. The number of non-ortho nitro benzene ring substituents is 1. The summed E-state index contributed by atoms with van der Waals surface area (Å²) in [4.78, 5) is 25.9.